The summed E-state index contributed by atoms with van der Waals surface area (Å²) < 4.78 is 19.3. The molecule has 0 fully saturated rings. The highest BCUT2D eigenvalue weighted by Crippen LogP contribution is 2.28. The maximum absolute atomic E-state index is 13.7. The monoisotopic (exact) mass is 279 g/mol. The summed E-state index contributed by atoms with van der Waals surface area (Å²) in [5, 5.41) is 0.561. The predicted octanol–water partition coefficient (Wildman–Crippen LogP) is 3.87. The Balaban J connectivity index is 2.29. The van der Waals surface area contributed by atoms with E-state index in [0.717, 1.165) is 11.1 Å². The van der Waals surface area contributed by atoms with E-state index in [-0.39, 0.29) is 12.3 Å². The van der Waals surface area contributed by atoms with E-state index in [0.29, 0.717) is 5.02 Å². The molecule has 1 unspecified atom stereocenters. The third kappa shape index (κ3) is 3.25. The highest BCUT2D eigenvalue weighted by molar-refractivity contribution is 6.31. The lowest BCUT2D eigenvalue weighted by molar-refractivity contribution is 0.204. The van der Waals surface area contributed by atoms with E-state index < -0.39 is 11.9 Å². The number of hydrogen-bond donors (Lipinski definition) is 1. The minimum atomic E-state index is -0.468. The van der Waals surface area contributed by atoms with Gasteiger partial charge >= 0.3 is 0 Å². The van der Waals surface area contributed by atoms with Gasteiger partial charge in [-0.2, -0.15) is 0 Å². The maximum atomic E-state index is 13.7. The van der Waals surface area contributed by atoms with Crippen LogP contribution in [0.25, 0.3) is 0 Å². The molecular formula is C15H15ClFNO. The van der Waals surface area contributed by atoms with E-state index in [4.69, 9.17) is 22.1 Å². The van der Waals surface area contributed by atoms with E-state index >= 15 is 0 Å². The third-order valence-electron chi connectivity index (χ3n) is 2.82. The average molecular weight is 280 g/mol. The van der Waals surface area contributed by atoms with Crippen molar-refractivity contribution in [3.63, 3.8) is 0 Å². The first-order chi connectivity index (χ1) is 9.11. The first-order valence-corrected chi connectivity index (χ1v) is 6.37. The van der Waals surface area contributed by atoms with Gasteiger partial charge in [0.15, 0.2) is 11.6 Å². The molecule has 0 spiro atoms. The Morgan fingerprint density at radius 2 is 2.00 bits per heavy atom. The van der Waals surface area contributed by atoms with Crippen LogP contribution < -0.4 is 10.5 Å². The van der Waals surface area contributed by atoms with E-state index in [1.807, 2.05) is 25.1 Å². The third-order valence-corrected chi connectivity index (χ3v) is 3.17. The number of aryl methyl sites for hydroxylation is 1. The summed E-state index contributed by atoms with van der Waals surface area (Å²) in [5.41, 5.74) is 7.38. The van der Waals surface area contributed by atoms with Crippen LogP contribution >= 0.6 is 11.6 Å². The van der Waals surface area contributed by atoms with Gasteiger partial charge in [-0.25, -0.2) is 4.39 Å². The molecule has 1 atom stereocenters. The number of hydrogen-bond acceptors (Lipinski definition) is 2. The SMILES string of the molecule is Cc1ccc(F)c(OC(CN)c2ccccc2Cl)c1. The van der Waals surface area contributed by atoms with Crippen molar-refractivity contribution in [2.75, 3.05) is 6.54 Å². The summed E-state index contributed by atoms with van der Waals surface area (Å²) in [6, 6.07) is 12.0. The topological polar surface area (TPSA) is 35.2 Å². The van der Waals surface area contributed by atoms with Gasteiger partial charge in [-0.15, -0.1) is 0 Å². The Kier molecular flexibility index (Phi) is 4.40. The van der Waals surface area contributed by atoms with Crippen LogP contribution in [0.15, 0.2) is 42.5 Å². The molecule has 0 saturated heterocycles. The molecule has 0 amide bonds. The Hall–Kier alpha value is -1.58. The lowest BCUT2D eigenvalue weighted by Crippen LogP contribution is -2.19. The zero-order valence-corrected chi connectivity index (χ0v) is 11.3. The van der Waals surface area contributed by atoms with E-state index in [1.54, 1.807) is 18.2 Å². The first kappa shape index (κ1) is 13.8. The summed E-state index contributed by atoms with van der Waals surface area (Å²) in [6.45, 7) is 2.09. The zero-order chi connectivity index (χ0) is 13.8. The van der Waals surface area contributed by atoms with Gasteiger partial charge in [-0.1, -0.05) is 35.9 Å². The Labute approximate surface area is 117 Å². The van der Waals surface area contributed by atoms with Crippen molar-refractivity contribution in [3.05, 3.63) is 64.4 Å². The Bertz CT molecular complexity index is 574. The molecule has 100 valence electrons. The van der Waals surface area contributed by atoms with E-state index in [1.165, 1.54) is 6.07 Å². The molecule has 0 aliphatic heterocycles. The van der Waals surface area contributed by atoms with Crippen molar-refractivity contribution < 1.29 is 9.13 Å². The van der Waals surface area contributed by atoms with Gasteiger partial charge in [0.25, 0.3) is 0 Å². The fourth-order valence-corrected chi connectivity index (χ4v) is 2.09. The molecule has 2 N–H and O–H groups in total. The van der Waals surface area contributed by atoms with Gasteiger partial charge in [0.1, 0.15) is 6.10 Å². The molecule has 0 aromatic heterocycles. The largest absolute Gasteiger partial charge is 0.481 e. The summed E-state index contributed by atoms with van der Waals surface area (Å²) in [5.74, 6) is -0.216. The minimum Gasteiger partial charge on any atom is -0.481 e. The standard InChI is InChI=1S/C15H15ClFNO/c1-10-6-7-13(17)14(8-10)19-15(9-18)11-4-2-3-5-12(11)16/h2-8,15H,9,18H2,1H3. The number of nitrogens with two attached hydrogens (primary N) is 1. The van der Waals surface area contributed by atoms with Gasteiger partial charge in [0, 0.05) is 17.1 Å². The fourth-order valence-electron chi connectivity index (χ4n) is 1.83. The van der Waals surface area contributed by atoms with E-state index in [9.17, 15) is 4.39 Å². The smallest absolute Gasteiger partial charge is 0.165 e. The molecule has 0 radical (unpaired) electrons. The van der Waals surface area contributed by atoms with E-state index in [2.05, 4.69) is 0 Å². The number of halogens is 2. The molecule has 2 nitrogen and oxygen atoms in total. The van der Waals surface area contributed by atoms with Crippen molar-refractivity contribution >= 4 is 11.6 Å². The van der Waals surface area contributed by atoms with Crippen molar-refractivity contribution in [1.82, 2.24) is 0 Å². The van der Waals surface area contributed by atoms with Gasteiger partial charge in [0.05, 0.1) is 0 Å². The average Bonchev–Trinajstić information content (AvgIpc) is 2.41. The molecule has 2 aromatic rings. The lowest BCUT2D eigenvalue weighted by atomic mass is 10.1. The number of ether oxygens (including phenoxy) is 1. The van der Waals surface area contributed by atoms with Crippen molar-refractivity contribution in [2.45, 2.75) is 13.0 Å². The van der Waals surface area contributed by atoms with Gasteiger partial charge in [-0.3, -0.25) is 0 Å². The maximum Gasteiger partial charge on any atom is 0.165 e. The lowest BCUT2D eigenvalue weighted by Gasteiger charge is -2.19. The summed E-state index contributed by atoms with van der Waals surface area (Å²) in [7, 11) is 0. The molecule has 0 aliphatic rings. The molecule has 2 aromatic carbocycles. The number of benzene rings is 2. The Morgan fingerprint density at radius 1 is 1.26 bits per heavy atom. The molecule has 0 heterocycles. The molecule has 0 saturated carbocycles. The second kappa shape index (κ2) is 6.04. The normalized spacial score (nSPS) is 12.2. The van der Waals surface area contributed by atoms with Crippen LogP contribution in [0.5, 0.6) is 5.75 Å². The van der Waals surface area contributed by atoms with Crippen molar-refractivity contribution in [3.8, 4) is 5.75 Å². The van der Waals surface area contributed by atoms with Gasteiger partial charge in [0.2, 0.25) is 0 Å². The molecular weight excluding hydrogens is 265 g/mol. The van der Waals surface area contributed by atoms with Crippen LogP contribution in [0.4, 0.5) is 4.39 Å². The number of rotatable bonds is 4. The highest BCUT2D eigenvalue weighted by Gasteiger charge is 2.16. The summed E-state index contributed by atoms with van der Waals surface area (Å²) >= 11 is 6.11. The van der Waals surface area contributed by atoms with Crippen LogP contribution in [0.3, 0.4) is 0 Å². The van der Waals surface area contributed by atoms with Crippen LogP contribution in [0.1, 0.15) is 17.2 Å². The summed E-state index contributed by atoms with van der Waals surface area (Å²) in [6.07, 6.45) is -0.468. The fraction of sp³-hybridized carbons (Fsp3) is 0.200. The summed E-state index contributed by atoms with van der Waals surface area (Å²) in [4.78, 5) is 0. The predicted molar refractivity (Wildman–Crippen MR) is 75.0 cm³/mol. The van der Waals surface area contributed by atoms with Crippen molar-refractivity contribution in [2.24, 2.45) is 5.73 Å². The van der Waals surface area contributed by atoms with Gasteiger partial charge in [-0.05, 0) is 30.7 Å². The quantitative estimate of drug-likeness (QED) is 0.922. The highest BCUT2D eigenvalue weighted by atomic mass is 35.5. The zero-order valence-electron chi connectivity index (χ0n) is 10.6. The van der Waals surface area contributed by atoms with Crippen LogP contribution in [-0.4, -0.2) is 6.54 Å². The Morgan fingerprint density at radius 3 is 2.68 bits per heavy atom. The van der Waals surface area contributed by atoms with Gasteiger partial charge < -0.3 is 10.5 Å². The van der Waals surface area contributed by atoms with Crippen molar-refractivity contribution in [1.29, 1.82) is 0 Å². The second-order valence-corrected chi connectivity index (χ2v) is 4.70. The second-order valence-electron chi connectivity index (χ2n) is 4.30. The molecule has 4 heteroatoms. The molecule has 0 bridgehead atoms. The molecule has 0 aliphatic carbocycles. The molecule has 19 heavy (non-hydrogen) atoms. The molecule has 2 rings (SSSR count). The first-order valence-electron chi connectivity index (χ1n) is 5.99. The van der Waals surface area contributed by atoms with Crippen LogP contribution in [0, 0.1) is 12.7 Å². The minimum absolute atomic E-state index is 0.190. The van der Waals surface area contributed by atoms with Crippen LogP contribution in [0.2, 0.25) is 5.02 Å². The van der Waals surface area contributed by atoms with Crippen LogP contribution in [-0.2, 0) is 0 Å².